The van der Waals surface area contributed by atoms with Crippen molar-refractivity contribution in [1.82, 2.24) is 19.7 Å². The van der Waals surface area contributed by atoms with E-state index in [1.807, 2.05) is 67.8 Å². The van der Waals surface area contributed by atoms with E-state index in [0.29, 0.717) is 16.7 Å². The fraction of sp³-hybridized carbons (Fsp3) is 0.0952. The molecule has 0 aliphatic rings. The second kappa shape index (κ2) is 7.82. The van der Waals surface area contributed by atoms with Crippen LogP contribution in [0.4, 0.5) is 5.95 Å². The molecule has 2 aromatic heterocycles. The van der Waals surface area contributed by atoms with Crippen molar-refractivity contribution in [3.8, 4) is 22.9 Å². The van der Waals surface area contributed by atoms with Crippen molar-refractivity contribution in [1.29, 1.82) is 0 Å². The third-order valence-corrected chi connectivity index (χ3v) is 4.54. The van der Waals surface area contributed by atoms with E-state index in [1.165, 1.54) is 0 Å². The Labute approximate surface area is 171 Å². The lowest BCUT2D eigenvalue weighted by Crippen LogP contribution is -1.99. The topological polar surface area (TPSA) is 78.9 Å². The maximum Gasteiger partial charge on any atom is 0.221 e. The van der Waals surface area contributed by atoms with E-state index in [9.17, 15) is 0 Å². The number of benzene rings is 2. The van der Waals surface area contributed by atoms with Crippen LogP contribution in [0.5, 0.6) is 11.5 Å². The molecule has 0 aliphatic carbocycles. The Morgan fingerprint density at radius 2 is 1.79 bits per heavy atom. The summed E-state index contributed by atoms with van der Waals surface area (Å²) in [6, 6.07) is 19.6. The second-order valence-electron chi connectivity index (χ2n) is 6.35. The van der Waals surface area contributed by atoms with Crippen molar-refractivity contribution in [2.45, 2.75) is 6.42 Å². The molecule has 0 bridgehead atoms. The van der Waals surface area contributed by atoms with Gasteiger partial charge in [-0.05, 0) is 51.8 Å². The van der Waals surface area contributed by atoms with Gasteiger partial charge in [0.2, 0.25) is 5.95 Å². The van der Waals surface area contributed by atoms with Gasteiger partial charge in [-0.25, -0.2) is 9.97 Å². The lowest BCUT2D eigenvalue weighted by atomic mass is 10.0. The molecular formula is C21H18BrN5O. The van der Waals surface area contributed by atoms with E-state index in [-0.39, 0.29) is 5.95 Å². The quantitative estimate of drug-likeness (QED) is 0.463. The first kappa shape index (κ1) is 18.2. The fourth-order valence-corrected chi connectivity index (χ4v) is 3.40. The zero-order chi connectivity index (χ0) is 19.5. The molecule has 4 aromatic rings. The molecule has 140 valence electrons. The highest BCUT2D eigenvalue weighted by Gasteiger charge is 2.14. The fourth-order valence-electron chi connectivity index (χ4n) is 3.00. The van der Waals surface area contributed by atoms with E-state index in [0.717, 1.165) is 28.3 Å². The number of anilines is 1. The maximum absolute atomic E-state index is 5.94. The van der Waals surface area contributed by atoms with Gasteiger partial charge in [-0.3, -0.25) is 4.68 Å². The van der Waals surface area contributed by atoms with E-state index in [4.69, 9.17) is 10.5 Å². The Balaban J connectivity index is 1.62. The van der Waals surface area contributed by atoms with Crippen LogP contribution in [0.2, 0.25) is 0 Å². The van der Waals surface area contributed by atoms with Crippen molar-refractivity contribution in [2.75, 3.05) is 5.73 Å². The smallest absolute Gasteiger partial charge is 0.221 e. The SMILES string of the molecule is Cn1cc(Cc2cccc(Oc3ccccc3)c2)c(-c2cc(Br)nc(N)n2)n1. The summed E-state index contributed by atoms with van der Waals surface area (Å²) in [5.74, 6) is 1.81. The molecule has 0 radical (unpaired) electrons. The summed E-state index contributed by atoms with van der Waals surface area (Å²) in [6.45, 7) is 0. The summed E-state index contributed by atoms with van der Waals surface area (Å²) in [6.07, 6.45) is 2.68. The summed E-state index contributed by atoms with van der Waals surface area (Å²) in [7, 11) is 1.89. The molecule has 0 fully saturated rings. The molecule has 2 aromatic carbocycles. The Bertz CT molecular complexity index is 1090. The van der Waals surface area contributed by atoms with Crippen LogP contribution in [0.25, 0.3) is 11.4 Å². The molecule has 28 heavy (non-hydrogen) atoms. The van der Waals surface area contributed by atoms with Crippen LogP contribution >= 0.6 is 15.9 Å². The largest absolute Gasteiger partial charge is 0.457 e. The highest BCUT2D eigenvalue weighted by Crippen LogP contribution is 2.27. The number of hydrogen-bond acceptors (Lipinski definition) is 5. The van der Waals surface area contributed by atoms with Gasteiger partial charge in [0.05, 0.1) is 5.69 Å². The van der Waals surface area contributed by atoms with Crippen molar-refractivity contribution < 1.29 is 4.74 Å². The van der Waals surface area contributed by atoms with Gasteiger partial charge in [-0.2, -0.15) is 5.10 Å². The normalized spacial score (nSPS) is 10.8. The van der Waals surface area contributed by atoms with E-state index >= 15 is 0 Å². The number of nitrogens with two attached hydrogens (primary N) is 1. The average Bonchev–Trinajstić information content (AvgIpc) is 3.02. The molecular weight excluding hydrogens is 418 g/mol. The number of ether oxygens (including phenoxy) is 1. The van der Waals surface area contributed by atoms with Gasteiger partial charge in [0.25, 0.3) is 0 Å². The van der Waals surface area contributed by atoms with Crippen LogP contribution in [0.1, 0.15) is 11.1 Å². The van der Waals surface area contributed by atoms with Crippen LogP contribution in [0.3, 0.4) is 0 Å². The van der Waals surface area contributed by atoms with Gasteiger partial charge in [0.15, 0.2) is 0 Å². The molecule has 0 unspecified atom stereocenters. The third kappa shape index (κ3) is 4.20. The highest BCUT2D eigenvalue weighted by atomic mass is 79.9. The zero-order valence-electron chi connectivity index (χ0n) is 15.2. The lowest BCUT2D eigenvalue weighted by molar-refractivity contribution is 0.482. The van der Waals surface area contributed by atoms with E-state index in [1.54, 1.807) is 4.68 Å². The Hall–Kier alpha value is -3.19. The average molecular weight is 436 g/mol. The predicted octanol–water partition coefficient (Wildman–Crippen LogP) is 4.60. The Kier molecular flexibility index (Phi) is 5.08. The number of para-hydroxylation sites is 1. The molecule has 0 saturated carbocycles. The minimum Gasteiger partial charge on any atom is -0.457 e. The summed E-state index contributed by atoms with van der Waals surface area (Å²) in [5, 5.41) is 4.57. The summed E-state index contributed by atoms with van der Waals surface area (Å²) < 4.78 is 8.35. The predicted molar refractivity (Wildman–Crippen MR) is 112 cm³/mol. The summed E-state index contributed by atoms with van der Waals surface area (Å²) in [4.78, 5) is 8.39. The first-order valence-corrected chi connectivity index (χ1v) is 9.51. The monoisotopic (exact) mass is 435 g/mol. The molecule has 6 nitrogen and oxygen atoms in total. The van der Waals surface area contributed by atoms with Crippen molar-refractivity contribution >= 4 is 21.9 Å². The Morgan fingerprint density at radius 1 is 1.00 bits per heavy atom. The number of aryl methyl sites for hydroxylation is 1. The summed E-state index contributed by atoms with van der Waals surface area (Å²) >= 11 is 3.37. The van der Waals surface area contributed by atoms with Crippen molar-refractivity contribution in [2.24, 2.45) is 7.05 Å². The van der Waals surface area contributed by atoms with Gasteiger partial charge < -0.3 is 10.5 Å². The molecule has 7 heteroatoms. The van der Waals surface area contributed by atoms with Gasteiger partial charge in [0.1, 0.15) is 21.8 Å². The molecule has 2 N–H and O–H groups in total. The minimum atomic E-state index is 0.208. The number of nitrogens with zero attached hydrogens (tertiary/aromatic N) is 4. The van der Waals surface area contributed by atoms with Crippen molar-refractivity contribution in [3.05, 3.63) is 82.6 Å². The van der Waals surface area contributed by atoms with E-state index < -0.39 is 0 Å². The molecule has 0 spiro atoms. The van der Waals surface area contributed by atoms with Crippen LogP contribution in [0, 0.1) is 0 Å². The second-order valence-corrected chi connectivity index (χ2v) is 7.16. The lowest BCUT2D eigenvalue weighted by Gasteiger charge is -2.08. The molecule has 2 heterocycles. The maximum atomic E-state index is 5.94. The highest BCUT2D eigenvalue weighted by molar-refractivity contribution is 9.10. The number of rotatable bonds is 5. The van der Waals surface area contributed by atoms with Gasteiger partial charge in [-0.15, -0.1) is 0 Å². The number of aromatic nitrogens is 4. The molecule has 0 saturated heterocycles. The number of nitrogen functional groups attached to an aromatic ring is 1. The molecule has 0 amide bonds. The molecule has 0 aliphatic heterocycles. The van der Waals surface area contributed by atoms with Crippen LogP contribution in [-0.2, 0) is 13.5 Å². The standard InChI is InChI=1S/C21H18BrN5O/c1-27-13-15(20(26-27)18-12-19(22)25-21(23)24-18)10-14-6-5-9-17(11-14)28-16-7-3-2-4-8-16/h2-9,11-13H,10H2,1H3,(H2,23,24,25). The third-order valence-electron chi connectivity index (χ3n) is 4.13. The number of halogens is 1. The van der Waals surface area contributed by atoms with Crippen LogP contribution in [0.15, 0.2) is 71.5 Å². The first-order valence-electron chi connectivity index (χ1n) is 8.71. The number of hydrogen-bond donors (Lipinski definition) is 1. The van der Waals surface area contributed by atoms with Gasteiger partial charge in [-0.1, -0.05) is 30.3 Å². The first-order chi connectivity index (χ1) is 13.6. The molecule has 0 atom stereocenters. The van der Waals surface area contributed by atoms with E-state index in [2.05, 4.69) is 37.1 Å². The van der Waals surface area contributed by atoms with Gasteiger partial charge >= 0.3 is 0 Å². The van der Waals surface area contributed by atoms with Crippen LogP contribution in [-0.4, -0.2) is 19.7 Å². The van der Waals surface area contributed by atoms with Crippen molar-refractivity contribution in [3.63, 3.8) is 0 Å². The zero-order valence-corrected chi connectivity index (χ0v) is 16.8. The van der Waals surface area contributed by atoms with Crippen LogP contribution < -0.4 is 10.5 Å². The summed E-state index contributed by atoms with van der Waals surface area (Å²) in [5.41, 5.74) is 9.43. The van der Waals surface area contributed by atoms with Gasteiger partial charge in [0, 0.05) is 25.2 Å². The Morgan fingerprint density at radius 3 is 2.57 bits per heavy atom. The minimum absolute atomic E-state index is 0.208. The molecule has 4 rings (SSSR count).